The predicted molar refractivity (Wildman–Crippen MR) is 122 cm³/mol. The Morgan fingerprint density at radius 3 is 2.74 bits per heavy atom. The molecule has 2 atom stereocenters. The average molecular weight is 426 g/mol. The Balaban J connectivity index is 1.48. The van der Waals surface area contributed by atoms with Gasteiger partial charge in [0.25, 0.3) is 5.91 Å². The Labute approximate surface area is 183 Å². The highest BCUT2D eigenvalue weighted by atomic mass is 16.5. The van der Waals surface area contributed by atoms with Crippen LogP contribution in [0.25, 0.3) is 0 Å². The zero-order chi connectivity index (χ0) is 22.1. The molecule has 0 spiro atoms. The second-order valence-corrected chi connectivity index (χ2v) is 7.74. The van der Waals surface area contributed by atoms with Crippen molar-refractivity contribution >= 4 is 23.2 Å². The number of carbonyl (C=O) groups excluding carboxylic acids is 2. The molecule has 0 aromatic heterocycles. The van der Waals surface area contributed by atoms with Crippen molar-refractivity contribution in [3.05, 3.63) is 54.1 Å². The normalized spacial score (nSPS) is 16.4. The van der Waals surface area contributed by atoms with E-state index in [2.05, 4.69) is 16.0 Å². The van der Waals surface area contributed by atoms with Gasteiger partial charge in [-0.25, -0.2) is 0 Å². The third kappa shape index (κ3) is 7.29. The molecule has 0 saturated carbocycles. The molecule has 2 unspecified atom stereocenters. The first kappa shape index (κ1) is 22.6. The van der Waals surface area contributed by atoms with E-state index in [1.165, 1.54) is 0 Å². The molecule has 1 saturated heterocycles. The molecule has 0 bridgehead atoms. The molecule has 1 aliphatic rings. The van der Waals surface area contributed by atoms with E-state index < -0.39 is 0 Å². The Hall–Kier alpha value is -3.06. The van der Waals surface area contributed by atoms with Crippen LogP contribution in [0.2, 0.25) is 0 Å². The summed E-state index contributed by atoms with van der Waals surface area (Å²) in [6, 6.07) is 14.5. The smallest absolute Gasteiger partial charge is 0.251 e. The number of ether oxygens (including phenoxy) is 2. The lowest BCUT2D eigenvalue weighted by Gasteiger charge is -2.13. The number of benzene rings is 2. The highest BCUT2D eigenvalue weighted by Gasteiger charge is 2.16. The van der Waals surface area contributed by atoms with E-state index >= 15 is 0 Å². The van der Waals surface area contributed by atoms with Crippen molar-refractivity contribution in [3.63, 3.8) is 0 Å². The molecule has 3 rings (SSSR count). The van der Waals surface area contributed by atoms with Crippen molar-refractivity contribution in [3.8, 4) is 5.75 Å². The van der Waals surface area contributed by atoms with Gasteiger partial charge in [0.05, 0.1) is 12.6 Å². The monoisotopic (exact) mass is 425 g/mol. The molecule has 7 nitrogen and oxygen atoms in total. The summed E-state index contributed by atoms with van der Waals surface area (Å²) in [5.41, 5.74) is 1.93. The fourth-order valence-electron chi connectivity index (χ4n) is 3.20. The van der Waals surface area contributed by atoms with Crippen LogP contribution in [0, 0.1) is 0 Å². The summed E-state index contributed by atoms with van der Waals surface area (Å²) in [7, 11) is 0. The number of amides is 2. The zero-order valence-corrected chi connectivity index (χ0v) is 18.1. The van der Waals surface area contributed by atoms with E-state index in [4.69, 9.17) is 9.47 Å². The summed E-state index contributed by atoms with van der Waals surface area (Å²) in [5, 5.41) is 8.86. The number of nitrogens with one attached hydrogen (secondary N) is 3. The van der Waals surface area contributed by atoms with E-state index in [0.717, 1.165) is 25.9 Å². The van der Waals surface area contributed by atoms with Gasteiger partial charge in [0.2, 0.25) is 5.91 Å². The van der Waals surface area contributed by atoms with Crippen LogP contribution >= 0.6 is 0 Å². The maximum absolute atomic E-state index is 12.4. The van der Waals surface area contributed by atoms with Crippen LogP contribution in [0.3, 0.4) is 0 Å². The van der Waals surface area contributed by atoms with Crippen LogP contribution in [0.4, 0.5) is 11.4 Å². The van der Waals surface area contributed by atoms with Crippen molar-refractivity contribution in [1.29, 1.82) is 0 Å². The minimum atomic E-state index is -0.189. The molecule has 1 aliphatic heterocycles. The van der Waals surface area contributed by atoms with Gasteiger partial charge in [0.1, 0.15) is 12.4 Å². The van der Waals surface area contributed by atoms with Gasteiger partial charge in [-0.2, -0.15) is 0 Å². The van der Waals surface area contributed by atoms with E-state index in [0.29, 0.717) is 29.3 Å². The molecule has 7 heteroatoms. The first-order chi connectivity index (χ1) is 15.0. The largest absolute Gasteiger partial charge is 0.491 e. The molecule has 2 amide bonds. The molecule has 166 valence electrons. The molecular weight excluding hydrogens is 394 g/mol. The van der Waals surface area contributed by atoms with Crippen LogP contribution in [-0.2, 0) is 9.53 Å². The Morgan fingerprint density at radius 2 is 1.97 bits per heavy atom. The number of hydrogen-bond donors (Lipinski definition) is 3. The maximum atomic E-state index is 12.4. The minimum absolute atomic E-state index is 0.0808. The highest BCUT2D eigenvalue weighted by Crippen LogP contribution is 2.20. The van der Waals surface area contributed by atoms with Gasteiger partial charge in [-0.05, 0) is 56.5 Å². The molecule has 2 aromatic carbocycles. The van der Waals surface area contributed by atoms with Gasteiger partial charge < -0.3 is 25.4 Å². The van der Waals surface area contributed by atoms with Crippen LogP contribution in [-0.4, -0.2) is 43.7 Å². The molecule has 0 aliphatic carbocycles. The predicted octanol–water partition coefficient (Wildman–Crippen LogP) is 3.82. The van der Waals surface area contributed by atoms with E-state index in [-0.39, 0.29) is 30.5 Å². The molecular formula is C24H31N3O4. The van der Waals surface area contributed by atoms with Crippen molar-refractivity contribution in [2.24, 2.45) is 0 Å². The molecule has 31 heavy (non-hydrogen) atoms. The first-order valence-electron chi connectivity index (χ1n) is 10.8. The Morgan fingerprint density at radius 1 is 1.16 bits per heavy atom. The lowest BCUT2D eigenvalue weighted by molar-refractivity contribution is -0.114. The summed E-state index contributed by atoms with van der Waals surface area (Å²) in [4.78, 5) is 24.6. The highest BCUT2D eigenvalue weighted by molar-refractivity contribution is 5.96. The summed E-state index contributed by atoms with van der Waals surface area (Å²) >= 11 is 0. The van der Waals surface area contributed by atoms with Gasteiger partial charge in [-0.3, -0.25) is 9.59 Å². The van der Waals surface area contributed by atoms with Crippen LogP contribution < -0.4 is 20.7 Å². The standard InChI is InChI=1S/C24H31N3O4/c1-3-17(2)26-24(29)18-7-4-8-19(13-18)25-15-23(28)27-20-9-5-10-21(14-20)31-16-22-11-6-12-30-22/h4-5,7-10,13-14,17,22,25H,3,6,11-12,15-16H2,1-2H3,(H,26,29)(H,27,28). The SMILES string of the molecule is CCC(C)NC(=O)c1cccc(NCC(=O)Nc2cccc(OCC3CCCO3)c2)c1. The third-order valence-corrected chi connectivity index (χ3v) is 5.15. The van der Waals surface area contributed by atoms with Crippen molar-refractivity contribution in [1.82, 2.24) is 5.32 Å². The molecule has 1 heterocycles. The summed E-state index contributed by atoms with van der Waals surface area (Å²) < 4.78 is 11.3. The fraction of sp³-hybridized carbons (Fsp3) is 0.417. The first-order valence-corrected chi connectivity index (χ1v) is 10.8. The van der Waals surface area contributed by atoms with Gasteiger partial charge in [-0.15, -0.1) is 0 Å². The number of rotatable bonds is 10. The summed E-state index contributed by atoms with van der Waals surface area (Å²) in [6.45, 7) is 5.38. The van der Waals surface area contributed by atoms with Crippen LogP contribution in [0.15, 0.2) is 48.5 Å². The van der Waals surface area contributed by atoms with E-state index in [1.807, 2.05) is 38.1 Å². The van der Waals surface area contributed by atoms with Gasteiger partial charge >= 0.3 is 0 Å². The Kier molecular flexibility index (Phi) is 8.29. The lowest BCUT2D eigenvalue weighted by atomic mass is 10.1. The molecule has 3 N–H and O–H groups in total. The quantitative estimate of drug-likeness (QED) is 0.539. The topological polar surface area (TPSA) is 88.7 Å². The van der Waals surface area contributed by atoms with Crippen molar-refractivity contribution < 1.29 is 19.1 Å². The number of carbonyl (C=O) groups is 2. The number of hydrogen-bond acceptors (Lipinski definition) is 5. The third-order valence-electron chi connectivity index (χ3n) is 5.15. The van der Waals surface area contributed by atoms with Gasteiger partial charge in [-0.1, -0.05) is 19.1 Å². The summed E-state index contributed by atoms with van der Waals surface area (Å²) in [6.07, 6.45) is 3.10. The van der Waals surface area contributed by atoms with Gasteiger partial charge in [0, 0.05) is 35.7 Å². The van der Waals surface area contributed by atoms with E-state index in [9.17, 15) is 9.59 Å². The maximum Gasteiger partial charge on any atom is 0.251 e. The lowest BCUT2D eigenvalue weighted by Crippen LogP contribution is -2.31. The van der Waals surface area contributed by atoms with E-state index in [1.54, 1.807) is 24.3 Å². The fourth-order valence-corrected chi connectivity index (χ4v) is 3.20. The number of anilines is 2. The minimum Gasteiger partial charge on any atom is -0.491 e. The second kappa shape index (κ2) is 11.4. The average Bonchev–Trinajstić information content (AvgIpc) is 3.30. The van der Waals surface area contributed by atoms with Crippen molar-refractivity contribution in [2.75, 3.05) is 30.4 Å². The van der Waals surface area contributed by atoms with Crippen LogP contribution in [0.1, 0.15) is 43.5 Å². The Bertz CT molecular complexity index is 881. The molecule has 2 aromatic rings. The molecule has 1 fully saturated rings. The summed E-state index contributed by atoms with van der Waals surface area (Å²) in [5.74, 6) is 0.384. The second-order valence-electron chi connectivity index (χ2n) is 7.74. The van der Waals surface area contributed by atoms with Crippen LogP contribution in [0.5, 0.6) is 5.75 Å². The van der Waals surface area contributed by atoms with Crippen molar-refractivity contribution in [2.45, 2.75) is 45.3 Å². The molecule has 0 radical (unpaired) electrons. The zero-order valence-electron chi connectivity index (χ0n) is 18.1. The van der Waals surface area contributed by atoms with Gasteiger partial charge in [0.15, 0.2) is 0 Å².